The van der Waals surface area contributed by atoms with Crippen molar-refractivity contribution < 1.29 is 21.6 Å². The van der Waals surface area contributed by atoms with Gasteiger partial charge in [-0.1, -0.05) is 11.6 Å². The summed E-state index contributed by atoms with van der Waals surface area (Å²) in [5, 5.41) is 0.245. The first-order valence-corrected chi connectivity index (χ1v) is 6.94. The van der Waals surface area contributed by atoms with E-state index in [4.69, 9.17) is 17.3 Å². The summed E-state index contributed by atoms with van der Waals surface area (Å²) in [6.07, 6.45) is -5.65. The van der Waals surface area contributed by atoms with Crippen LogP contribution in [-0.2, 0) is 10.0 Å². The molecule has 0 spiro atoms. The van der Waals surface area contributed by atoms with Gasteiger partial charge in [-0.3, -0.25) is 0 Å². The molecular weight excluding hydrogens is 305 g/mol. The minimum Gasteiger partial charge on any atom is -0.398 e. The van der Waals surface area contributed by atoms with E-state index in [2.05, 4.69) is 0 Å². The van der Waals surface area contributed by atoms with Gasteiger partial charge in [0, 0.05) is 18.6 Å². The molecule has 0 heterocycles. The van der Waals surface area contributed by atoms with Crippen molar-refractivity contribution in [3.63, 3.8) is 0 Å². The summed E-state index contributed by atoms with van der Waals surface area (Å²) in [6.45, 7) is -0.673. The number of anilines is 1. The summed E-state index contributed by atoms with van der Waals surface area (Å²) >= 11 is 5.63. The number of rotatable bonds is 4. The predicted molar refractivity (Wildman–Crippen MR) is 66.4 cm³/mol. The Morgan fingerprint density at radius 2 is 1.95 bits per heavy atom. The predicted octanol–water partition coefficient (Wildman–Crippen LogP) is 2.50. The maximum atomic E-state index is 12.1. The first kappa shape index (κ1) is 16.1. The molecule has 0 fully saturated rings. The van der Waals surface area contributed by atoms with Crippen LogP contribution in [0.15, 0.2) is 23.1 Å². The van der Waals surface area contributed by atoms with Crippen LogP contribution in [0.2, 0.25) is 5.02 Å². The van der Waals surface area contributed by atoms with Crippen LogP contribution in [0.3, 0.4) is 0 Å². The standard InChI is InChI=1S/C10H12ClF3N2O2S/c1-16(5-4-10(12,13)14)19(17,18)9-3-2-7(11)6-8(9)15/h2-3,6H,4-5,15H2,1H3. The van der Waals surface area contributed by atoms with Gasteiger partial charge < -0.3 is 5.73 Å². The normalized spacial score (nSPS) is 12.9. The van der Waals surface area contributed by atoms with Crippen LogP contribution in [-0.4, -0.2) is 32.5 Å². The molecule has 1 aromatic rings. The zero-order chi connectivity index (χ0) is 14.8. The van der Waals surface area contributed by atoms with Crippen LogP contribution < -0.4 is 5.73 Å². The topological polar surface area (TPSA) is 63.4 Å². The van der Waals surface area contributed by atoms with E-state index in [1.54, 1.807) is 0 Å². The Labute approximate surface area is 114 Å². The lowest BCUT2D eigenvalue weighted by molar-refractivity contribution is -0.135. The Morgan fingerprint density at radius 1 is 1.37 bits per heavy atom. The highest BCUT2D eigenvalue weighted by molar-refractivity contribution is 7.89. The zero-order valence-electron chi connectivity index (χ0n) is 9.91. The van der Waals surface area contributed by atoms with Crippen LogP contribution >= 0.6 is 11.6 Å². The number of nitrogens with two attached hydrogens (primary N) is 1. The largest absolute Gasteiger partial charge is 0.398 e. The minimum absolute atomic E-state index is 0.105. The lowest BCUT2D eigenvalue weighted by Gasteiger charge is -2.19. The van der Waals surface area contributed by atoms with Crippen LogP contribution in [0, 0.1) is 0 Å². The zero-order valence-corrected chi connectivity index (χ0v) is 11.5. The summed E-state index contributed by atoms with van der Waals surface area (Å²) in [4.78, 5) is -0.262. The van der Waals surface area contributed by atoms with Gasteiger partial charge >= 0.3 is 6.18 Å². The van der Waals surface area contributed by atoms with Gasteiger partial charge in [0.25, 0.3) is 0 Å². The Bertz CT molecular complexity index is 560. The number of hydrogen-bond acceptors (Lipinski definition) is 3. The van der Waals surface area contributed by atoms with E-state index in [1.807, 2.05) is 0 Å². The molecule has 0 aromatic heterocycles. The van der Waals surface area contributed by atoms with Crippen molar-refractivity contribution >= 4 is 27.3 Å². The molecule has 0 atom stereocenters. The van der Waals surface area contributed by atoms with E-state index in [9.17, 15) is 21.6 Å². The smallest absolute Gasteiger partial charge is 0.390 e. The first-order valence-electron chi connectivity index (χ1n) is 5.12. The van der Waals surface area contributed by atoms with Crippen molar-refractivity contribution in [3.05, 3.63) is 23.2 Å². The van der Waals surface area contributed by atoms with Crippen molar-refractivity contribution in [2.75, 3.05) is 19.3 Å². The van der Waals surface area contributed by atoms with E-state index >= 15 is 0 Å². The van der Waals surface area contributed by atoms with E-state index in [-0.39, 0.29) is 15.6 Å². The van der Waals surface area contributed by atoms with Gasteiger partial charge in [-0.15, -0.1) is 0 Å². The molecule has 1 aromatic carbocycles. The second-order valence-corrected chi connectivity index (χ2v) is 6.32. The maximum Gasteiger partial charge on any atom is 0.390 e. The lowest BCUT2D eigenvalue weighted by Crippen LogP contribution is -2.31. The highest BCUT2D eigenvalue weighted by atomic mass is 35.5. The second kappa shape index (κ2) is 5.56. The molecular formula is C10H12ClF3N2O2S. The molecule has 0 aliphatic rings. The van der Waals surface area contributed by atoms with E-state index in [0.717, 1.165) is 13.1 Å². The molecule has 0 saturated heterocycles. The highest BCUT2D eigenvalue weighted by Gasteiger charge is 2.31. The van der Waals surface area contributed by atoms with Crippen molar-refractivity contribution in [2.24, 2.45) is 0 Å². The average Bonchev–Trinajstić information content (AvgIpc) is 2.24. The molecule has 1 rings (SSSR count). The molecule has 19 heavy (non-hydrogen) atoms. The summed E-state index contributed by atoms with van der Waals surface area (Å²) in [6, 6.07) is 3.70. The third-order valence-corrected chi connectivity index (χ3v) is 4.54. The third-order valence-electron chi connectivity index (χ3n) is 2.37. The molecule has 2 N–H and O–H groups in total. The lowest BCUT2D eigenvalue weighted by atomic mass is 10.3. The summed E-state index contributed by atoms with van der Waals surface area (Å²) < 4.78 is 60.9. The Hall–Kier alpha value is -0.990. The SMILES string of the molecule is CN(CCC(F)(F)F)S(=O)(=O)c1ccc(Cl)cc1N. The number of benzene rings is 1. The summed E-state index contributed by atoms with van der Waals surface area (Å²) in [5.41, 5.74) is 5.41. The average molecular weight is 317 g/mol. The van der Waals surface area contributed by atoms with Crippen LogP contribution in [0.1, 0.15) is 6.42 Å². The van der Waals surface area contributed by atoms with Crippen molar-refractivity contribution in [3.8, 4) is 0 Å². The van der Waals surface area contributed by atoms with Crippen molar-refractivity contribution in [1.82, 2.24) is 4.31 Å². The van der Waals surface area contributed by atoms with Crippen LogP contribution in [0.4, 0.5) is 18.9 Å². The molecule has 0 radical (unpaired) electrons. The summed E-state index contributed by atoms with van der Waals surface area (Å²) in [7, 11) is -2.99. The van der Waals surface area contributed by atoms with E-state index < -0.39 is 29.2 Å². The first-order chi connectivity index (χ1) is 8.54. The fourth-order valence-corrected chi connectivity index (χ4v) is 2.77. The monoisotopic (exact) mass is 316 g/mol. The second-order valence-electron chi connectivity index (χ2n) is 3.87. The molecule has 0 saturated carbocycles. The van der Waals surface area contributed by atoms with Gasteiger partial charge in [-0.25, -0.2) is 12.7 Å². The number of halogens is 4. The quantitative estimate of drug-likeness (QED) is 0.868. The number of alkyl halides is 3. The van der Waals surface area contributed by atoms with Gasteiger partial charge in [-0.2, -0.15) is 13.2 Å². The Kier molecular flexibility index (Phi) is 4.70. The van der Waals surface area contributed by atoms with Crippen LogP contribution in [0.5, 0.6) is 0 Å². The van der Waals surface area contributed by atoms with Gasteiger partial charge in [-0.05, 0) is 18.2 Å². The highest BCUT2D eigenvalue weighted by Crippen LogP contribution is 2.26. The molecule has 0 aliphatic carbocycles. The maximum absolute atomic E-state index is 12.1. The van der Waals surface area contributed by atoms with Crippen LogP contribution in [0.25, 0.3) is 0 Å². The fourth-order valence-electron chi connectivity index (χ4n) is 1.33. The molecule has 0 aliphatic heterocycles. The Balaban J connectivity index is 2.97. The van der Waals surface area contributed by atoms with Crippen molar-refractivity contribution in [1.29, 1.82) is 0 Å². The number of nitrogen functional groups attached to an aromatic ring is 1. The fraction of sp³-hybridized carbons (Fsp3) is 0.400. The molecule has 0 bridgehead atoms. The minimum atomic E-state index is -4.42. The molecule has 108 valence electrons. The van der Waals surface area contributed by atoms with Gasteiger partial charge in [0.15, 0.2) is 0 Å². The molecule has 0 amide bonds. The van der Waals surface area contributed by atoms with Gasteiger partial charge in [0.1, 0.15) is 4.90 Å². The van der Waals surface area contributed by atoms with Gasteiger partial charge in [0.05, 0.1) is 12.1 Å². The third kappa shape index (κ3) is 4.26. The number of sulfonamides is 1. The molecule has 0 unspecified atom stereocenters. The Morgan fingerprint density at radius 3 is 2.42 bits per heavy atom. The van der Waals surface area contributed by atoms with Crippen molar-refractivity contribution in [2.45, 2.75) is 17.5 Å². The van der Waals surface area contributed by atoms with E-state index in [0.29, 0.717) is 4.31 Å². The molecule has 4 nitrogen and oxygen atoms in total. The van der Waals surface area contributed by atoms with Gasteiger partial charge in [0.2, 0.25) is 10.0 Å². The summed E-state index contributed by atoms with van der Waals surface area (Å²) in [5.74, 6) is 0. The molecule has 9 heteroatoms. The number of nitrogens with zero attached hydrogens (tertiary/aromatic N) is 1. The number of hydrogen-bond donors (Lipinski definition) is 1. The van der Waals surface area contributed by atoms with E-state index in [1.165, 1.54) is 12.1 Å².